The summed E-state index contributed by atoms with van der Waals surface area (Å²) in [4.78, 5) is 4.29. The Kier molecular flexibility index (Phi) is 6.63. The van der Waals surface area contributed by atoms with Crippen molar-refractivity contribution in [3.63, 3.8) is 0 Å². The van der Waals surface area contributed by atoms with Crippen LogP contribution in [0.4, 0.5) is 0 Å². The van der Waals surface area contributed by atoms with Gasteiger partial charge in [-0.05, 0) is 34.1 Å². The van der Waals surface area contributed by atoms with Gasteiger partial charge in [0.15, 0.2) is 11.5 Å². The molecule has 1 atom stereocenters. The van der Waals surface area contributed by atoms with Crippen LogP contribution in [0.2, 0.25) is 0 Å². The number of aromatic nitrogens is 1. The van der Waals surface area contributed by atoms with Crippen molar-refractivity contribution < 1.29 is 14.0 Å². The first-order valence-electron chi connectivity index (χ1n) is 8.06. The lowest BCUT2D eigenvalue weighted by Crippen LogP contribution is -2.23. The maximum Gasteiger partial charge on any atom is 0.165 e. The van der Waals surface area contributed by atoms with Crippen molar-refractivity contribution in [2.75, 3.05) is 41.4 Å². The van der Waals surface area contributed by atoms with Crippen molar-refractivity contribution in [2.24, 2.45) is 0 Å². The highest BCUT2D eigenvalue weighted by molar-refractivity contribution is 5.46. The Hall–Kier alpha value is -2.05. The third-order valence-electron chi connectivity index (χ3n) is 4.03. The molecule has 0 aliphatic rings. The van der Waals surface area contributed by atoms with Gasteiger partial charge in [0, 0.05) is 24.7 Å². The Morgan fingerprint density at radius 3 is 2.62 bits per heavy atom. The van der Waals surface area contributed by atoms with Crippen LogP contribution in [0.1, 0.15) is 24.2 Å². The molecule has 0 aliphatic carbocycles. The molecule has 24 heavy (non-hydrogen) atoms. The van der Waals surface area contributed by atoms with Gasteiger partial charge in [0.2, 0.25) is 0 Å². The zero-order chi connectivity index (χ0) is 17.5. The fourth-order valence-corrected chi connectivity index (χ4v) is 2.41. The fourth-order valence-electron chi connectivity index (χ4n) is 2.41. The molecule has 1 aromatic heterocycles. The molecule has 0 spiro atoms. The second-order valence-electron chi connectivity index (χ2n) is 6.12. The number of benzene rings is 1. The molecule has 0 saturated carbocycles. The smallest absolute Gasteiger partial charge is 0.165 e. The van der Waals surface area contributed by atoms with Gasteiger partial charge in [-0.25, -0.2) is 0 Å². The Morgan fingerprint density at radius 1 is 1.21 bits per heavy atom. The van der Waals surface area contributed by atoms with E-state index in [2.05, 4.69) is 35.0 Å². The summed E-state index contributed by atoms with van der Waals surface area (Å²) in [6.45, 7) is 4.29. The number of para-hydroxylation sites is 1. The third-order valence-corrected chi connectivity index (χ3v) is 4.03. The lowest BCUT2D eigenvalue weighted by molar-refractivity contribution is 0.224. The molecular formula is C18H27N3O3. The second kappa shape index (κ2) is 8.70. The van der Waals surface area contributed by atoms with Crippen molar-refractivity contribution >= 4 is 0 Å². The summed E-state index contributed by atoms with van der Waals surface area (Å²) in [7, 11) is 7.78. The predicted molar refractivity (Wildman–Crippen MR) is 93.4 cm³/mol. The molecule has 0 radical (unpaired) electrons. The number of likely N-dealkylation sites (N-methyl/N-ethyl adjacent to an activating group) is 1. The van der Waals surface area contributed by atoms with Crippen LogP contribution in [0, 0.1) is 0 Å². The molecular weight excluding hydrogens is 306 g/mol. The molecule has 0 fully saturated rings. The predicted octanol–water partition coefficient (Wildman–Crippen LogP) is 2.82. The van der Waals surface area contributed by atoms with Gasteiger partial charge >= 0.3 is 0 Å². The molecule has 6 nitrogen and oxygen atoms in total. The van der Waals surface area contributed by atoms with Crippen LogP contribution in [0.5, 0.6) is 11.5 Å². The molecule has 1 aromatic carbocycles. The van der Waals surface area contributed by atoms with E-state index >= 15 is 0 Å². The minimum atomic E-state index is 0.143. The highest BCUT2D eigenvalue weighted by atomic mass is 16.5. The molecule has 0 amide bonds. The van der Waals surface area contributed by atoms with Crippen molar-refractivity contribution in [1.82, 2.24) is 15.0 Å². The van der Waals surface area contributed by atoms with Gasteiger partial charge in [0.1, 0.15) is 18.6 Å². The van der Waals surface area contributed by atoms with Crippen molar-refractivity contribution in [3.05, 3.63) is 41.8 Å². The number of hydrogen-bond acceptors (Lipinski definition) is 6. The lowest BCUT2D eigenvalue weighted by Gasteiger charge is -2.25. The first kappa shape index (κ1) is 18.3. The van der Waals surface area contributed by atoms with Crippen LogP contribution >= 0.6 is 0 Å². The molecule has 6 heteroatoms. The zero-order valence-electron chi connectivity index (χ0n) is 15.2. The maximum atomic E-state index is 6.01. The fraction of sp³-hybridized carbons (Fsp3) is 0.500. The van der Waals surface area contributed by atoms with Gasteiger partial charge in [-0.3, -0.25) is 4.90 Å². The maximum absolute atomic E-state index is 6.01. The standard InChI is InChI=1S/C18H27N3O3/c1-14(16-9-11-24-19-16)21(4)13-15-7-6-8-17(22-5)18(15)23-12-10-20(2)3/h6-9,11,14H,10,12-13H2,1-5H3/t14-/m1/s1. The zero-order valence-corrected chi connectivity index (χ0v) is 15.2. The molecule has 2 aromatic rings. The van der Waals surface area contributed by atoms with Crippen LogP contribution in [0.25, 0.3) is 0 Å². The SMILES string of the molecule is COc1cccc(CN(C)[C@H](C)c2ccon2)c1OCCN(C)C. The number of rotatable bonds is 9. The van der Waals surface area contributed by atoms with Gasteiger partial charge in [-0.15, -0.1) is 0 Å². The van der Waals surface area contributed by atoms with Crippen molar-refractivity contribution in [1.29, 1.82) is 0 Å². The summed E-state index contributed by atoms with van der Waals surface area (Å²) in [6, 6.07) is 8.02. The molecule has 0 N–H and O–H groups in total. The van der Waals surface area contributed by atoms with Crippen LogP contribution in [-0.4, -0.2) is 56.4 Å². The van der Waals surface area contributed by atoms with Crippen LogP contribution in [0.3, 0.4) is 0 Å². The Labute approximate surface area is 143 Å². The molecule has 0 saturated heterocycles. The van der Waals surface area contributed by atoms with E-state index in [9.17, 15) is 0 Å². The second-order valence-corrected chi connectivity index (χ2v) is 6.12. The van der Waals surface area contributed by atoms with Crippen molar-refractivity contribution in [2.45, 2.75) is 19.5 Å². The summed E-state index contributed by atoms with van der Waals surface area (Å²) < 4.78 is 16.4. The van der Waals surface area contributed by atoms with E-state index < -0.39 is 0 Å². The first-order chi connectivity index (χ1) is 11.5. The van der Waals surface area contributed by atoms with E-state index in [1.54, 1.807) is 13.4 Å². The first-order valence-corrected chi connectivity index (χ1v) is 8.06. The van der Waals surface area contributed by atoms with Crippen molar-refractivity contribution in [3.8, 4) is 11.5 Å². The Balaban J connectivity index is 2.13. The topological polar surface area (TPSA) is 51.0 Å². The Morgan fingerprint density at radius 2 is 2.00 bits per heavy atom. The average Bonchev–Trinajstić information content (AvgIpc) is 3.09. The van der Waals surface area contributed by atoms with E-state index in [4.69, 9.17) is 14.0 Å². The van der Waals surface area contributed by atoms with E-state index in [0.29, 0.717) is 6.61 Å². The van der Waals surface area contributed by atoms with E-state index in [1.807, 2.05) is 32.3 Å². The molecule has 0 bridgehead atoms. The minimum absolute atomic E-state index is 0.143. The summed E-state index contributed by atoms with van der Waals surface area (Å²) in [5.41, 5.74) is 2.00. The normalized spacial score (nSPS) is 12.6. The number of methoxy groups -OCH3 is 1. The average molecular weight is 333 g/mol. The van der Waals surface area contributed by atoms with Gasteiger partial charge in [-0.2, -0.15) is 0 Å². The van der Waals surface area contributed by atoms with Crippen LogP contribution in [-0.2, 0) is 6.54 Å². The number of ether oxygens (including phenoxy) is 2. The quantitative estimate of drug-likeness (QED) is 0.703. The highest BCUT2D eigenvalue weighted by Gasteiger charge is 2.18. The third kappa shape index (κ3) is 4.72. The van der Waals surface area contributed by atoms with Gasteiger partial charge in [0.05, 0.1) is 13.2 Å². The molecule has 1 heterocycles. The minimum Gasteiger partial charge on any atom is -0.493 e. The lowest BCUT2D eigenvalue weighted by atomic mass is 10.1. The van der Waals surface area contributed by atoms with Gasteiger partial charge in [-0.1, -0.05) is 17.3 Å². The summed E-state index contributed by atoms with van der Waals surface area (Å²) in [5.74, 6) is 1.56. The van der Waals surface area contributed by atoms with Crippen LogP contribution in [0.15, 0.2) is 35.1 Å². The molecule has 2 rings (SSSR count). The van der Waals surface area contributed by atoms with Gasteiger partial charge < -0.3 is 18.9 Å². The van der Waals surface area contributed by atoms with Crippen LogP contribution < -0.4 is 9.47 Å². The molecule has 132 valence electrons. The largest absolute Gasteiger partial charge is 0.493 e. The molecule has 0 aliphatic heterocycles. The van der Waals surface area contributed by atoms with E-state index in [1.165, 1.54) is 0 Å². The molecule has 0 unspecified atom stereocenters. The van der Waals surface area contributed by atoms with E-state index in [-0.39, 0.29) is 6.04 Å². The number of hydrogen-bond donors (Lipinski definition) is 0. The summed E-state index contributed by atoms with van der Waals surface area (Å²) in [5, 5.41) is 4.03. The monoisotopic (exact) mass is 333 g/mol. The van der Waals surface area contributed by atoms with Gasteiger partial charge in [0.25, 0.3) is 0 Å². The van der Waals surface area contributed by atoms with E-state index in [0.717, 1.165) is 35.8 Å². The highest BCUT2D eigenvalue weighted by Crippen LogP contribution is 2.33. The Bertz CT molecular complexity index is 614. The number of nitrogens with zero attached hydrogens (tertiary/aromatic N) is 3. The summed E-state index contributed by atoms with van der Waals surface area (Å²) in [6.07, 6.45) is 1.60. The summed E-state index contributed by atoms with van der Waals surface area (Å²) >= 11 is 0.